The summed E-state index contributed by atoms with van der Waals surface area (Å²) in [5, 5.41) is 9.94. The standard InChI is InChI=1S/C19H33N5O2S/c1-6-20-17(21-12-16-23-15(13-27-16)19(3,4)5)22-14-8-10-24(11-9-14)18(25)26-7-2/h13-14H,6-12H2,1-5H3,(H2,20,21,22). The highest BCUT2D eigenvalue weighted by Gasteiger charge is 2.24. The molecule has 0 aromatic carbocycles. The molecule has 0 atom stereocenters. The molecule has 2 N–H and O–H groups in total. The summed E-state index contributed by atoms with van der Waals surface area (Å²) < 4.78 is 5.07. The summed E-state index contributed by atoms with van der Waals surface area (Å²) in [5.74, 6) is 0.805. The third-order valence-corrected chi connectivity index (χ3v) is 5.23. The van der Waals surface area contributed by atoms with Crippen LogP contribution in [-0.4, -0.2) is 54.2 Å². The van der Waals surface area contributed by atoms with Crippen molar-refractivity contribution in [1.29, 1.82) is 0 Å². The average Bonchev–Trinajstić information content (AvgIpc) is 3.10. The number of nitrogens with one attached hydrogen (secondary N) is 2. The number of rotatable bonds is 5. The van der Waals surface area contributed by atoms with E-state index >= 15 is 0 Å². The Morgan fingerprint density at radius 2 is 2.07 bits per heavy atom. The Morgan fingerprint density at radius 1 is 1.37 bits per heavy atom. The first kappa shape index (κ1) is 21.5. The van der Waals surface area contributed by atoms with Crippen molar-refractivity contribution in [3.05, 3.63) is 16.1 Å². The Hall–Kier alpha value is -1.83. The van der Waals surface area contributed by atoms with Crippen molar-refractivity contribution in [1.82, 2.24) is 20.5 Å². The van der Waals surface area contributed by atoms with Gasteiger partial charge in [0, 0.05) is 36.5 Å². The number of ether oxygens (including phenoxy) is 1. The lowest BCUT2D eigenvalue weighted by atomic mass is 9.93. The van der Waals surface area contributed by atoms with E-state index < -0.39 is 0 Å². The molecule has 8 heteroatoms. The second-order valence-corrected chi connectivity index (χ2v) is 8.62. The predicted molar refractivity (Wildman–Crippen MR) is 110 cm³/mol. The Labute approximate surface area is 166 Å². The maximum atomic E-state index is 11.8. The smallest absolute Gasteiger partial charge is 0.409 e. The van der Waals surface area contributed by atoms with E-state index in [1.807, 2.05) is 6.92 Å². The molecule has 1 amide bonds. The van der Waals surface area contributed by atoms with Gasteiger partial charge in [-0.1, -0.05) is 20.8 Å². The minimum Gasteiger partial charge on any atom is -0.450 e. The van der Waals surface area contributed by atoms with Gasteiger partial charge in [-0.05, 0) is 26.7 Å². The zero-order valence-corrected chi connectivity index (χ0v) is 18.0. The number of carbonyl (C=O) groups is 1. The molecule has 1 aliphatic heterocycles. The van der Waals surface area contributed by atoms with Gasteiger partial charge >= 0.3 is 6.09 Å². The Bertz CT molecular complexity index is 630. The average molecular weight is 396 g/mol. The first-order valence-corrected chi connectivity index (χ1v) is 10.6. The molecule has 152 valence electrons. The van der Waals surface area contributed by atoms with Gasteiger partial charge in [-0.2, -0.15) is 0 Å². The molecule has 1 aliphatic rings. The van der Waals surface area contributed by atoms with Crippen molar-refractivity contribution in [3.8, 4) is 0 Å². The van der Waals surface area contributed by atoms with Crippen LogP contribution in [0.5, 0.6) is 0 Å². The van der Waals surface area contributed by atoms with E-state index in [-0.39, 0.29) is 11.5 Å². The zero-order valence-electron chi connectivity index (χ0n) is 17.2. The Balaban J connectivity index is 1.89. The van der Waals surface area contributed by atoms with Crippen LogP contribution in [0, 0.1) is 0 Å². The number of likely N-dealkylation sites (tertiary alicyclic amines) is 1. The summed E-state index contributed by atoms with van der Waals surface area (Å²) >= 11 is 1.66. The maximum Gasteiger partial charge on any atom is 0.409 e. The number of hydrogen-bond donors (Lipinski definition) is 2. The van der Waals surface area contributed by atoms with Crippen molar-refractivity contribution >= 4 is 23.4 Å². The number of thiazole rings is 1. The first-order chi connectivity index (χ1) is 12.8. The van der Waals surface area contributed by atoms with E-state index in [0.29, 0.717) is 32.3 Å². The van der Waals surface area contributed by atoms with Crippen molar-refractivity contribution in [2.75, 3.05) is 26.2 Å². The molecule has 27 heavy (non-hydrogen) atoms. The fourth-order valence-corrected chi connectivity index (χ4v) is 3.75. The second-order valence-electron chi connectivity index (χ2n) is 7.68. The van der Waals surface area contributed by atoms with Crippen molar-refractivity contribution in [2.45, 2.75) is 65.5 Å². The molecule has 0 bridgehead atoms. The minimum absolute atomic E-state index is 0.0636. The number of guanidine groups is 1. The Kier molecular flexibility index (Phi) is 7.89. The maximum absolute atomic E-state index is 11.8. The monoisotopic (exact) mass is 395 g/mol. The number of nitrogens with zero attached hydrogens (tertiary/aromatic N) is 3. The zero-order chi connectivity index (χ0) is 19.9. The van der Waals surface area contributed by atoms with E-state index in [2.05, 4.69) is 43.7 Å². The lowest BCUT2D eigenvalue weighted by Crippen LogP contribution is -2.49. The number of hydrogen-bond acceptors (Lipinski definition) is 5. The van der Waals surface area contributed by atoms with Gasteiger partial charge in [0.2, 0.25) is 0 Å². The summed E-state index contributed by atoms with van der Waals surface area (Å²) in [6, 6.07) is 0.301. The van der Waals surface area contributed by atoms with Crippen molar-refractivity contribution in [2.24, 2.45) is 4.99 Å². The molecular weight excluding hydrogens is 362 g/mol. The van der Waals surface area contributed by atoms with Gasteiger partial charge in [0.25, 0.3) is 0 Å². The minimum atomic E-state index is -0.213. The SMILES string of the molecule is CCNC(=NCc1nc(C(C)(C)C)cs1)NC1CCN(C(=O)OCC)CC1. The summed E-state index contributed by atoms with van der Waals surface area (Å²) in [7, 11) is 0. The lowest BCUT2D eigenvalue weighted by molar-refractivity contribution is 0.0963. The number of aliphatic imine (C=N–C) groups is 1. The number of aromatic nitrogens is 1. The normalized spacial score (nSPS) is 16.3. The van der Waals surface area contributed by atoms with E-state index in [9.17, 15) is 4.79 Å². The van der Waals surface area contributed by atoms with Gasteiger partial charge in [-0.3, -0.25) is 0 Å². The third kappa shape index (κ3) is 6.68. The van der Waals surface area contributed by atoms with Gasteiger partial charge < -0.3 is 20.3 Å². The van der Waals surface area contributed by atoms with Crippen LogP contribution in [-0.2, 0) is 16.7 Å². The highest BCUT2D eigenvalue weighted by molar-refractivity contribution is 7.09. The number of amides is 1. The molecule has 2 rings (SSSR count). The van der Waals surface area contributed by atoms with Crippen LogP contribution < -0.4 is 10.6 Å². The van der Waals surface area contributed by atoms with Crippen LogP contribution in [0.1, 0.15) is 58.2 Å². The highest BCUT2D eigenvalue weighted by atomic mass is 32.1. The summed E-state index contributed by atoms with van der Waals surface area (Å²) in [5.41, 5.74) is 1.18. The van der Waals surface area contributed by atoms with Gasteiger partial charge in [0.1, 0.15) is 5.01 Å². The van der Waals surface area contributed by atoms with Crippen LogP contribution >= 0.6 is 11.3 Å². The van der Waals surface area contributed by atoms with Crippen LogP contribution in [0.3, 0.4) is 0 Å². The molecular formula is C19H33N5O2S. The van der Waals surface area contributed by atoms with Crippen LogP contribution in [0.15, 0.2) is 10.4 Å². The van der Waals surface area contributed by atoms with Gasteiger partial charge in [0.15, 0.2) is 5.96 Å². The van der Waals surface area contributed by atoms with Gasteiger partial charge in [0.05, 0.1) is 18.8 Å². The summed E-state index contributed by atoms with van der Waals surface area (Å²) in [6.07, 6.45) is 1.55. The lowest BCUT2D eigenvalue weighted by Gasteiger charge is -2.32. The third-order valence-electron chi connectivity index (χ3n) is 4.40. The second kappa shape index (κ2) is 9.92. The van der Waals surface area contributed by atoms with Crippen LogP contribution in [0.4, 0.5) is 4.79 Å². The van der Waals surface area contributed by atoms with E-state index in [1.165, 1.54) is 0 Å². The molecule has 0 unspecified atom stereocenters. The predicted octanol–water partition coefficient (Wildman–Crippen LogP) is 3.12. The first-order valence-electron chi connectivity index (χ1n) is 9.75. The molecule has 1 aromatic heterocycles. The topological polar surface area (TPSA) is 78.9 Å². The van der Waals surface area contributed by atoms with E-state index in [0.717, 1.165) is 36.0 Å². The number of piperidine rings is 1. The van der Waals surface area contributed by atoms with Crippen LogP contribution in [0.25, 0.3) is 0 Å². The molecule has 1 aromatic rings. The molecule has 1 fully saturated rings. The molecule has 1 saturated heterocycles. The number of carbonyl (C=O) groups excluding carboxylic acids is 1. The largest absolute Gasteiger partial charge is 0.450 e. The quantitative estimate of drug-likeness (QED) is 0.592. The Morgan fingerprint density at radius 3 is 2.63 bits per heavy atom. The fraction of sp³-hybridized carbons (Fsp3) is 0.737. The molecule has 7 nitrogen and oxygen atoms in total. The molecule has 0 spiro atoms. The van der Waals surface area contributed by atoms with E-state index in [1.54, 1.807) is 16.2 Å². The summed E-state index contributed by atoms with van der Waals surface area (Å²) in [4.78, 5) is 23.0. The van der Waals surface area contributed by atoms with Crippen molar-refractivity contribution < 1.29 is 9.53 Å². The van der Waals surface area contributed by atoms with Gasteiger partial charge in [-0.15, -0.1) is 11.3 Å². The fourth-order valence-electron chi connectivity index (χ4n) is 2.81. The van der Waals surface area contributed by atoms with E-state index in [4.69, 9.17) is 14.7 Å². The molecule has 2 heterocycles. The van der Waals surface area contributed by atoms with Crippen LogP contribution in [0.2, 0.25) is 0 Å². The summed E-state index contributed by atoms with van der Waals surface area (Å²) in [6.45, 7) is 13.6. The van der Waals surface area contributed by atoms with Gasteiger partial charge in [-0.25, -0.2) is 14.8 Å². The molecule has 0 aliphatic carbocycles. The molecule has 0 radical (unpaired) electrons. The highest BCUT2D eigenvalue weighted by Crippen LogP contribution is 2.24. The van der Waals surface area contributed by atoms with Crippen molar-refractivity contribution in [3.63, 3.8) is 0 Å². The molecule has 0 saturated carbocycles.